The van der Waals surface area contributed by atoms with E-state index in [1.165, 1.54) is 24.1 Å². The first-order valence-corrected chi connectivity index (χ1v) is 12.1. The average Bonchev–Trinajstić information content (AvgIpc) is 3.16. The Morgan fingerprint density at radius 1 is 1.06 bits per heavy atom. The first-order valence-electron chi connectivity index (χ1n) is 12.1. The molecule has 7 nitrogen and oxygen atoms in total. The van der Waals surface area contributed by atoms with Crippen LogP contribution in [0.1, 0.15) is 56.6 Å². The molecule has 2 aromatic carbocycles. The number of carbonyl (C=O) groups excluding carboxylic acids is 2. The molecular formula is C28H32N2O5. The molecule has 0 bridgehead atoms. The molecule has 0 heterocycles. The molecule has 2 aromatic rings. The normalized spacial score (nSPS) is 21.5. The lowest BCUT2D eigenvalue weighted by molar-refractivity contribution is -0.133. The first kappa shape index (κ1) is 24.5. The summed E-state index contributed by atoms with van der Waals surface area (Å²) in [4.78, 5) is 36.8. The highest BCUT2D eigenvalue weighted by molar-refractivity contribution is 5.86. The molecule has 2 aliphatic carbocycles. The molecule has 2 aliphatic rings. The van der Waals surface area contributed by atoms with Crippen molar-refractivity contribution in [1.29, 1.82) is 0 Å². The van der Waals surface area contributed by atoms with Crippen molar-refractivity contribution < 1.29 is 24.2 Å². The Morgan fingerprint density at radius 2 is 1.69 bits per heavy atom. The Balaban J connectivity index is 1.40. The maximum atomic E-state index is 12.9. The third kappa shape index (κ3) is 5.24. The van der Waals surface area contributed by atoms with Crippen LogP contribution >= 0.6 is 0 Å². The number of hydrogen-bond acceptors (Lipinski definition) is 4. The Hall–Kier alpha value is -3.61. The van der Waals surface area contributed by atoms with Gasteiger partial charge < -0.3 is 20.5 Å². The molecule has 0 radical (unpaired) electrons. The van der Waals surface area contributed by atoms with Gasteiger partial charge in [0.1, 0.15) is 6.61 Å². The number of carboxylic acid groups (broad SMARTS) is 1. The lowest BCUT2D eigenvalue weighted by Crippen LogP contribution is -2.57. The van der Waals surface area contributed by atoms with E-state index >= 15 is 0 Å². The lowest BCUT2D eigenvalue weighted by Gasteiger charge is -2.40. The molecule has 3 N–H and O–H groups in total. The Bertz CT molecular complexity index is 1110. The van der Waals surface area contributed by atoms with Crippen molar-refractivity contribution in [3.8, 4) is 11.1 Å². The predicted molar refractivity (Wildman–Crippen MR) is 133 cm³/mol. The Labute approximate surface area is 205 Å². The van der Waals surface area contributed by atoms with Crippen LogP contribution in [0.2, 0.25) is 0 Å². The first-order chi connectivity index (χ1) is 16.8. The number of alkyl carbamates (subject to hydrolysis) is 1. The summed E-state index contributed by atoms with van der Waals surface area (Å²) in [6.45, 7) is 3.72. The fourth-order valence-corrected chi connectivity index (χ4v) is 5.29. The fourth-order valence-electron chi connectivity index (χ4n) is 5.29. The van der Waals surface area contributed by atoms with E-state index in [0.717, 1.165) is 24.0 Å². The van der Waals surface area contributed by atoms with Gasteiger partial charge in [0.05, 0.1) is 11.5 Å². The van der Waals surface area contributed by atoms with E-state index in [9.17, 15) is 14.4 Å². The maximum Gasteiger partial charge on any atom is 0.407 e. The highest BCUT2D eigenvalue weighted by Gasteiger charge is 2.42. The average molecular weight is 477 g/mol. The zero-order valence-electron chi connectivity index (χ0n) is 20.2. The van der Waals surface area contributed by atoms with Gasteiger partial charge in [0, 0.05) is 18.0 Å². The third-order valence-electron chi connectivity index (χ3n) is 7.28. The van der Waals surface area contributed by atoms with Gasteiger partial charge in [-0.15, -0.1) is 0 Å². The van der Waals surface area contributed by atoms with Crippen molar-refractivity contribution in [1.82, 2.24) is 10.6 Å². The summed E-state index contributed by atoms with van der Waals surface area (Å²) in [5.74, 6) is -1.66. The second-order valence-electron chi connectivity index (χ2n) is 9.60. The number of nitrogens with one attached hydrogen (secondary N) is 2. The van der Waals surface area contributed by atoms with Crippen LogP contribution in [0.4, 0.5) is 4.79 Å². The zero-order valence-corrected chi connectivity index (χ0v) is 20.2. The maximum absolute atomic E-state index is 12.9. The van der Waals surface area contributed by atoms with Crippen molar-refractivity contribution >= 4 is 18.0 Å². The van der Waals surface area contributed by atoms with Crippen molar-refractivity contribution in [2.45, 2.75) is 51.0 Å². The number of ether oxygens (including phenoxy) is 1. The minimum atomic E-state index is -1.02. The molecule has 7 heteroatoms. The summed E-state index contributed by atoms with van der Waals surface area (Å²) in [6.07, 6.45) is 4.05. The molecule has 1 fully saturated rings. The lowest BCUT2D eigenvalue weighted by atomic mass is 9.73. The highest BCUT2D eigenvalue weighted by atomic mass is 16.5. The van der Waals surface area contributed by atoms with Gasteiger partial charge in [0.2, 0.25) is 5.91 Å². The monoisotopic (exact) mass is 476 g/mol. The van der Waals surface area contributed by atoms with Gasteiger partial charge in [-0.25, -0.2) is 9.59 Å². The molecule has 0 saturated heterocycles. The van der Waals surface area contributed by atoms with E-state index in [-0.39, 0.29) is 30.5 Å². The molecule has 4 rings (SSSR count). The van der Waals surface area contributed by atoms with E-state index in [4.69, 9.17) is 9.84 Å². The molecule has 184 valence electrons. The number of rotatable bonds is 7. The summed E-state index contributed by atoms with van der Waals surface area (Å²) < 4.78 is 5.72. The van der Waals surface area contributed by atoms with E-state index in [1.54, 1.807) is 0 Å². The second-order valence-corrected chi connectivity index (χ2v) is 9.60. The van der Waals surface area contributed by atoms with E-state index in [1.807, 2.05) is 31.2 Å². The van der Waals surface area contributed by atoms with Crippen LogP contribution in [0.5, 0.6) is 0 Å². The molecule has 2 amide bonds. The van der Waals surface area contributed by atoms with E-state index in [0.29, 0.717) is 12.8 Å². The van der Waals surface area contributed by atoms with Gasteiger partial charge in [-0.3, -0.25) is 4.79 Å². The third-order valence-corrected chi connectivity index (χ3v) is 7.28. The number of hydrogen-bond donors (Lipinski definition) is 3. The summed E-state index contributed by atoms with van der Waals surface area (Å²) in [7, 11) is 0. The summed E-state index contributed by atoms with van der Waals surface area (Å²) in [5.41, 5.74) is 4.06. The zero-order chi connectivity index (χ0) is 25.0. The molecule has 0 aliphatic heterocycles. The van der Waals surface area contributed by atoms with E-state index < -0.39 is 23.5 Å². The van der Waals surface area contributed by atoms with Gasteiger partial charge in [0.15, 0.2) is 0 Å². The van der Waals surface area contributed by atoms with Crippen molar-refractivity contribution in [2.24, 2.45) is 5.92 Å². The summed E-state index contributed by atoms with van der Waals surface area (Å²) in [6, 6.07) is 16.4. The van der Waals surface area contributed by atoms with Crippen molar-refractivity contribution in [3.63, 3.8) is 0 Å². The topological polar surface area (TPSA) is 105 Å². The summed E-state index contributed by atoms with van der Waals surface area (Å²) in [5, 5.41) is 14.8. The number of fused-ring (bicyclic) bond motifs is 3. The predicted octanol–water partition coefficient (Wildman–Crippen LogP) is 4.62. The van der Waals surface area contributed by atoms with E-state index in [2.05, 4.69) is 34.9 Å². The second kappa shape index (κ2) is 10.3. The fraction of sp³-hybridized carbons (Fsp3) is 0.393. The van der Waals surface area contributed by atoms with Crippen LogP contribution in [0.15, 0.2) is 60.2 Å². The largest absolute Gasteiger partial charge is 0.478 e. The Morgan fingerprint density at radius 3 is 2.31 bits per heavy atom. The number of carboxylic acids is 1. The number of aliphatic carboxylic acids is 1. The molecule has 1 saturated carbocycles. The van der Waals surface area contributed by atoms with Crippen molar-refractivity contribution in [3.05, 3.63) is 71.3 Å². The van der Waals surface area contributed by atoms with Crippen LogP contribution < -0.4 is 10.6 Å². The minimum Gasteiger partial charge on any atom is -0.478 e. The van der Waals surface area contributed by atoms with Crippen molar-refractivity contribution in [2.75, 3.05) is 13.2 Å². The number of benzene rings is 2. The van der Waals surface area contributed by atoms with Crippen LogP contribution in [0.25, 0.3) is 11.1 Å². The minimum absolute atomic E-state index is 0.0318. The molecule has 0 spiro atoms. The summed E-state index contributed by atoms with van der Waals surface area (Å²) >= 11 is 0. The molecular weight excluding hydrogens is 444 g/mol. The Kier molecular flexibility index (Phi) is 7.24. The quantitative estimate of drug-likeness (QED) is 0.506. The highest BCUT2D eigenvalue weighted by Crippen LogP contribution is 2.44. The van der Waals surface area contributed by atoms with Gasteiger partial charge in [0.25, 0.3) is 0 Å². The van der Waals surface area contributed by atoms with Gasteiger partial charge in [-0.2, -0.15) is 0 Å². The van der Waals surface area contributed by atoms with Crippen LogP contribution in [0.3, 0.4) is 0 Å². The standard InChI is InChI=1S/C28H32N2O5/c1-18(26(32)33)14-16-29-25(31)24-13-7-8-15-28(24,2)30-27(34)35-17-23-21-11-5-3-9-19(21)20-10-4-6-12-22(20)23/h3-6,9-12,14,23-24H,7-8,13,15-17H2,1-2H3,(H,29,31)(H,30,34)(H,32,33)/b18-14-. The number of carbonyl (C=O) groups is 3. The van der Waals surface area contributed by atoms with Crippen LogP contribution in [-0.4, -0.2) is 41.8 Å². The SMILES string of the molecule is C/C(=C/CNC(=O)C1CCCCC1(C)NC(=O)OCC1c2ccccc2-c2ccccc21)C(=O)O. The smallest absolute Gasteiger partial charge is 0.407 e. The van der Waals surface area contributed by atoms with Gasteiger partial charge in [-0.1, -0.05) is 67.4 Å². The molecule has 2 atom stereocenters. The molecule has 0 aromatic heterocycles. The molecule has 2 unspecified atom stereocenters. The van der Waals surface area contributed by atoms with Gasteiger partial charge >= 0.3 is 12.1 Å². The number of amides is 2. The molecule has 35 heavy (non-hydrogen) atoms. The van der Waals surface area contributed by atoms with Gasteiger partial charge in [-0.05, 0) is 48.9 Å². The van der Waals surface area contributed by atoms with Crippen LogP contribution in [0, 0.1) is 5.92 Å². The van der Waals surface area contributed by atoms with Crippen LogP contribution in [-0.2, 0) is 14.3 Å².